The minimum absolute atomic E-state index is 0.151. The molecule has 0 saturated heterocycles. The lowest BCUT2D eigenvalue weighted by Gasteiger charge is -2.07. The predicted molar refractivity (Wildman–Crippen MR) is 107 cm³/mol. The van der Waals surface area contributed by atoms with Gasteiger partial charge in [-0.15, -0.1) is 0 Å². The van der Waals surface area contributed by atoms with Crippen LogP contribution in [0.3, 0.4) is 0 Å². The van der Waals surface area contributed by atoms with Gasteiger partial charge in [-0.2, -0.15) is 0 Å². The smallest absolute Gasteiger partial charge is 0.254 e. The molecule has 0 fully saturated rings. The van der Waals surface area contributed by atoms with Crippen molar-refractivity contribution in [3.05, 3.63) is 82.2 Å². The van der Waals surface area contributed by atoms with Crippen LogP contribution in [0.2, 0.25) is 0 Å². The second kappa shape index (κ2) is 7.11. The van der Waals surface area contributed by atoms with Crippen molar-refractivity contribution in [3.63, 3.8) is 0 Å². The molecule has 7 nitrogen and oxygen atoms in total. The molecule has 4 aromatic rings. The lowest BCUT2D eigenvalue weighted by Crippen LogP contribution is -2.25. The molecule has 0 aliphatic heterocycles. The van der Waals surface area contributed by atoms with Crippen LogP contribution >= 0.6 is 0 Å². The van der Waals surface area contributed by atoms with E-state index in [4.69, 9.17) is 0 Å². The number of aromatic amines is 1. The number of aromatic nitrogens is 4. The summed E-state index contributed by atoms with van der Waals surface area (Å²) in [5.74, 6) is 0.227. The molecule has 0 saturated carbocycles. The summed E-state index contributed by atoms with van der Waals surface area (Å²) in [7, 11) is 1.94. The van der Waals surface area contributed by atoms with Crippen LogP contribution in [0.5, 0.6) is 0 Å². The summed E-state index contributed by atoms with van der Waals surface area (Å²) in [6, 6.07) is 12.7. The molecule has 3 aromatic heterocycles. The van der Waals surface area contributed by atoms with Gasteiger partial charge in [-0.1, -0.05) is 18.2 Å². The highest BCUT2D eigenvalue weighted by Crippen LogP contribution is 2.24. The third-order valence-electron chi connectivity index (χ3n) is 4.79. The molecule has 4 rings (SSSR count). The Kier molecular flexibility index (Phi) is 4.49. The normalized spacial score (nSPS) is 10.9. The molecule has 140 valence electrons. The van der Waals surface area contributed by atoms with Gasteiger partial charge in [-0.25, -0.2) is 4.98 Å². The van der Waals surface area contributed by atoms with Crippen LogP contribution in [0, 0.1) is 6.92 Å². The summed E-state index contributed by atoms with van der Waals surface area (Å²) in [6.07, 6.45) is 3.28. The summed E-state index contributed by atoms with van der Waals surface area (Å²) in [4.78, 5) is 36.0. The topological polar surface area (TPSA) is 92.7 Å². The average Bonchev–Trinajstić information content (AvgIpc) is 2.97. The number of hydrogen-bond donors (Lipinski definition) is 2. The fraction of sp³-hybridized carbons (Fsp3) is 0.143. The Balaban J connectivity index is 1.61. The van der Waals surface area contributed by atoms with E-state index in [1.165, 1.54) is 6.07 Å². The zero-order chi connectivity index (χ0) is 19.7. The van der Waals surface area contributed by atoms with Crippen molar-refractivity contribution in [2.45, 2.75) is 13.5 Å². The Morgan fingerprint density at radius 1 is 1.21 bits per heavy atom. The van der Waals surface area contributed by atoms with Crippen molar-refractivity contribution in [1.29, 1.82) is 0 Å². The van der Waals surface area contributed by atoms with Gasteiger partial charge < -0.3 is 14.9 Å². The molecule has 0 radical (unpaired) electrons. The molecule has 0 spiro atoms. The maximum atomic E-state index is 12.9. The van der Waals surface area contributed by atoms with Crippen molar-refractivity contribution < 1.29 is 4.79 Å². The Labute approximate surface area is 161 Å². The number of pyridine rings is 1. The number of rotatable bonds is 4. The van der Waals surface area contributed by atoms with E-state index >= 15 is 0 Å². The van der Waals surface area contributed by atoms with E-state index in [0.717, 1.165) is 16.6 Å². The summed E-state index contributed by atoms with van der Waals surface area (Å²) in [5, 5.41) is 3.78. The molecule has 0 bridgehead atoms. The number of hydrogen-bond acceptors (Lipinski definition) is 4. The molecule has 0 atom stereocenters. The summed E-state index contributed by atoms with van der Waals surface area (Å²) in [5.41, 5.74) is 3.42. The molecule has 0 aliphatic carbocycles. The maximum Gasteiger partial charge on any atom is 0.254 e. The average molecular weight is 373 g/mol. The fourth-order valence-electron chi connectivity index (χ4n) is 3.30. The van der Waals surface area contributed by atoms with E-state index in [-0.39, 0.29) is 18.0 Å². The van der Waals surface area contributed by atoms with Gasteiger partial charge in [0.15, 0.2) is 0 Å². The van der Waals surface area contributed by atoms with Crippen molar-refractivity contribution in [3.8, 4) is 11.4 Å². The zero-order valence-corrected chi connectivity index (χ0v) is 15.6. The molecule has 1 aromatic carbocycles. The van der Waals surface area contributed by atoms with Crippen LogP contribution < -0.4 is 10.9 Å². The van der Waals surface area contributed by atoms with Crippen LogP contribution in [-0.2, 0) is 13.6 Å². The number of amides is 1. The standard InChI is InChI=1S/C21H19N5O2/c1-13-19(16-7-3-4-8-17(16)26(13)2)21(28)23-12-15-10-18(27)25-20(24-15)14-6-5-9-22-11-14/h3-11H,12H2,1-2H3,(H,23,28)(H,24,25,27). The van der Waals surface area contributed by atoms with Gasteiger partial charge >= 0.3 is 0 Å². The summed E-state index contributed by atoms with van der Waals surface area (Å²) in [6.45, 7) is 2.07. The van der Waals surface area contributed by atoms with E-state index < -0.39 is 0 Å². The van der Waals surface area contributed by atoms with Crippen molar-refractivity contribution in [2.75, 3.05) is 0 Å². The summed E-state index contributed by atoms with van der Waals surface area (Å²) >= 11 is 0. The quantitative estimate of drug-likeness (QED) is 0.575. The van der Waals surface area contributed by atoms with Gasteiger partial charge in [0, 0.05) is 47.7 Å². The second-order valence-electron chi connectivity index (χ2n) is 6.55. The van der Waals surface area contributed by atoms with Gasteiger partial charge in [0.1, 0.15) is 5.82 Å². The van der Waals surface area contributed by atoms with Gasteiger partial charge in [-0.3, -0.25) is 14.6 Å². The monoisotopic (exact) mass is 373 g/mol. The number of aryl methyl sites for hydroxylation is 1. The van der Waals surface area contributed by atoms with Gasteiger partial charge in [0.05, 0.1) is 17.8 Å². The molecule has 7 heteroatoms. The van der Waals surface area contributed by atoms with Crippen LogP contribution in [0.25, 0.3) is 22.3 Å². The lowest BCUT2D eigenvalue weighted by atomic mass is 10.1. The van der Waals surface area contributed by atoms with Crippen LogP contribution in [0.15, 0.2) is 59.7 Å². The van der Waals surface area contributed by atoms with E-state index in [1.807, 2.05) is 48.9 Å². The maximum absolute atomic E-state index is 12.9. The van der Waals surface area contributed by atoms with Crippen LogP contribution in [0.4, 0.5) is 0 Å². The number of benzene rings is 1. The molecule has 1 amide bonds. The van der Waals surface area contributed by atoms with E-state index in [2.05, 4.69) is 20.3 Å². The predicted octanol–water partition coefficient (Wildman–Crippen LogP) is 2.56. The molecule has 2 N–H and O–H groups in total. The highest BCUT2D eigenvalue weighted by Gasteiger charge is 2.18. The Hall–Kier alpha value is -3.74. The van der Waals surface area contributed by atoms with Crippen molar-refractivity contribution in [1.82, 2.24) is 24.8 Å². The third-order valence-corrected chi connectivity index (χ3v) is 4.79. The van der Waals surface area contributed by atoms with Gasteiger partial charge in [0.25, 0.3) is 11.5 Å². The van der Waals surface area contributed by atoms with Crippen molar-refractivity contribution in [2.24, 2.45) is 7.05 Å². The minimum Gasteiger partial charge on any atom is -0.347 e. The molecular formula is C21H19N5O2. The van der Waals surface area contributed by atoms with E-state index in [0.29, 0.717) is 22.6 Å². The molecule has 0 unspecified atom stereocenters. The highest BCUT2D eigenvalue weighted by molar-refractivity contribution is 6.08. The number of carbonyl (C=O) groups is 1. The van der Waals surface area contributed by atoms with Gasteiger partial charge in [0.2, 0.25) is 0 Å². The Morgan fingerprint density at radius 3 is 2.82 bits per heavy atom. The Bertz CT molecular complexity index is 1220. The SMILES string of the molecule is Cc1c(C(=O)NCc2cc(=O)[nH]c(-c3cccnc3)n2)c2ccccc2n1C. The Morgan fingerprint density at radius 2 is 2.04 bits per heavy atom. The molecule has 28 heavy (non-hydrogen) atoms. The van der Waals surface area contributed by atoms with E-state index in [9.17, 15) is 9.59 Å². The molecule has 3 heterocycles. The number of fused-ring (bicyclic) bond motifs is 1. The van der Waals surface area contributed by atoms with Crippen LogP contribution in [-0.4, -0.2) is 25.4 Å². The second-order valence-corrected chi connectivity index (χ2v) is 6.55. The summed E-state index contributed by atoms with van der Waals surface area (Å²) < 4.78 is 2.00. The zero-order valence-electron chi connectivity index (χ0n) is 15.6. The number of nitrogens with zero attached hydrogens (tertiary/aromatic N) is 3. The first-order valence-electron chi connectivity index (χ1n) is 8.87. The largest absolute Gasteiger partial charge is 0.347 e. The lowest BCUT2D eigenvalue weighted by molar-refractivity contribution is 0.0951. The number of carbonyl (C=O) groups excluding carboxylic acids is 1. The first-order valence-corrected chi connectivity index (χ1v) is 8.87. The number of H-pyrrole nitrogens is 1. The molecule has 0 aliphatic rings. The number of para-hydroxylation sites is 1. The van der Waals surface area contributed by atoms with Crippen molar-refractivity contribution >= 4 is 16.8 Å². The van der Waals surface area contributed by atoms with E-state index in [1.54, 1.807) is 18.5 Å². The minimum atomic E-state index is -0.278. The highest BCUT2D eigenvalue weighted by atomic mass is 16.1. The first-order chi connectivity index (χ1) is 13.5. The fourth-order valence-corrected chi connectivity index (χ4v) is 3.30. The number of nitrogens with one attached hydrogen (secondary N) is 2. The van der Waals surface area contributed by atoms with Gasteiger partial charge in [-0.05, 0) is 25.1 Å². The third kappa shape index (κ3) is 3.18. The van der Waals surface area contributed by atoms with Crippen LogP contribution in [0.1, 0.15) is 21.7 Å². The first kappa shape index (κ1) is 17.7. The molecular weight excluding hydrogens is 354 g/mol.